The van der Waals surface area contributed by atoms with Crippen molar-refractivity contribution in [3.63, 3.8) is 0 Å². The molecule has 0 radical (unpaired) electrons. The van der Waals surface area contributed by atoms with Crippen LogP contribution in [-0.4, -0.2) is 99.5 Å². The lowest BCUT2D eigenvalue weighted by Crippen LogP contribution is -2.61. The lowest BCUT2D eigenvalue weighted by molar-refractivity contribution is 0.289. The zero-order valence-electron chi connectivity index (χ0n) is 36.5. The van der Waals surface area contributed by atoms with Gasteiger partial charge in [-0.25, -0.2) is 29.0 Å². The van der Waals surface area contributed by atoms with Crippen LogP contribution in [0.1, 0.15) is 92.2 Å². The Morgan fingerprint density at radius 3 is 1.51 bits per heavy atom. The second kappa shape index (κ2) is 14.4. The minimum atomic E-state index is 0.345. The van der Waals surface area contributed by atoms with E-state index in [9.17, 15) is 0 Å². The predicted octanol–water partition coefficient (Wildman–Crippen LogP) is 7.52. The minimum Gasteiger partial charge on any atom is -0.353 e. The third-order valence-electron chi connectivity index (χ3n) is 14.3. The maximum Gasteiger partial charge on any atom is 0.158 e. The smallest absolute Gasteiger partial charge is 0.158 e. The van der Waals surface area contributed by atoms with Gasteiger partial charge in [0.25, 0.3) is 0 Å². The summed E-state index contributed by atoms with van der Waals surface area (Å²) in [5, 5.41) is 16.0. The molecule has 0 amide bonds. The van der Waals surface area contributed by atoms with Gasteiger partial charge < -0.3 is 30.4 Å². The monoisotopic (exact) mass is 816 g/mol. The van der Waals surface area contributed by atoms with Crippen LogP contribution in [0.5, 0.6) is 0 Å². The molecule has 4 N–H and O–H groups in total. The summed E-state index contributed by atoms with van der Waals surface area (Å²) in [6.45, 7) is 21.8. The van der Waals surface area contributed by atoms with Gasteiger partial charge in [0.1, 0.15) is 24.3 Å². The highest BCUT2D eigenvalue weighted by atomic mass is 15.3. The summed E-state index contributed by atoms with van der Waals surface area (Å²) in [5.41, 5.74) is 18.2. The highest BCUT2D eigenvalue weighted by Gasteiger charge is 2.39. The standard InChI is InChI=1S/C24H29N7.C23H27N7/c1-13(2)21-22(18-11-31-24(26-12-27-31)15(4)14(18)3)28-19-7-8-20(29-23(19)21)30-10-16-5-6-17(30)9-25-16;1-12(2)20-21(17-10-30-23(25-11-26-30)14(4)13(17)3)27-18-5-6-19(28-22(18)20)29-9-15-7-16(29)8-24-15/h7-8,11-13,16-17,25,28H,5-6,9-10H2,1-4H3;5-6,10-12,15-16,24,27H,7-9H2,1-4H3/t16-,17-;15-,16-/m11/s1. The number of nitrogens with zero attached hydrogens (tertiary/aromatic N) is 10. The zero-order chi connectivity index (χ0) is 41.8. The van der Waals surface area contributed by atoms with Gasteiger partial charge in [-0.3, -0.25) is 0 Å². The number of rotatable bonds is 6. The van der Waals surface area contributed by atoms with Crippen molar-refractivity contribution in [1.29, 1.82) is 0 Å². The van der Waals surface area contributed by atoms with Crippen molar-refractivity contribution in [2.24, 2.45) is 0 Å². The van der Waals surface area contributed by atoms with Gasteiger partial charge in [0.05, 0.1) is 33.5 Å². The number of pyridine rings is 4. The number of aromatic nitrogens is 10. The highest BCUT2D eigenvalue weighted by Crippen LogP contribution is 2.41. The molecule has 5 fully saturated rings. The molecule has 0 unspecified atom stereocenters. The number of anilines is 2. The molecular formula is C47H56N14. The molecule has 5 aliphatic heterocycles. The molecule has 8 aromatic rings. The highest BCUT2D eigenvalue weighted by molar-refractivity contribution is 5.92. The number of piperazine rings is 2. The van der Waals surface area contributed by atoms with E-state index in [2.05, 4.69) is 143 Å². The molecule has 13 rings (SSSR count). The quantitative estimate of drug-likeness (QED) is 0.133. The Bertz CT molecular complexity index is 2970. The number of hydrogen-bond acceptors (Lipinski definition) is 10. The van der Waals surface area contributed by atoms with E-state index in [-0.39, 0.29) is 0 Å². The van der Waals surface area contributed by atoms with E-state index in [1.165, 1.54) is 47.1 Å². The first kappa shape index (κ1) is 38.1. The summed E-state index contributed by atoms with van der Waals surface area (Å²) in [7, 11) is 0. The second-order valence-electron chi connectivity index (χ2n) is 18.5. The molecule has 0 aliphatic carbocycles. The van der Waals surface area contributed by atoms with Gasteiger partial charge in [0, 0.05) is 85.0 Å². The van der Waals surface area contributed by atoms with Crippen LogP contribution in [-0.2, 0) is 0 Å². The number of fused-ring (bicyclic) bond motifs is 9. The van der Waals surface area contributed by atoms with Crippen LogP contribution in [0.25, 0.3) is 55.9 Å². The van der Waals surface area contributed by atoms with Crippen LogP contribution >= 0.6 is 0 Å². The summed E-state index contributed by atoms with van der Waals surface area (Å²) < 4.78 is 3.75. The Kier molecular flexibility index (Phi) is 8.97. The second-order valence-corrected chi connectivity index (χ2v) is 18.5. The van der Waals surface area contributed by atoms with Crippen LogP contribution in [0, 0.1) is 27.7 Å². The zero-order valence-corrected chi connectivity index (χ0v) is 36.5. The molecule has 13 heterocycles. The van der Waals surface area contributed by atoms with E-state index in [0.29, 0.717) is 36.0 Å². The fourth-order valence-corrected chi connectivity index (χ4v) is 10.8. The van der Waals surface area contributed by atoms with Gasteiger partial charge >= 0.3 is 0 Å². The van der Waals surface area contributed by atoms with Crippen molar-refractivity contribution >= 4 is 45.0 Å². The molecule has 5 aliphatic rings. The summed E-state index contributed by atoms with van der Waals surface area (Å²) in [5.74, 6) is 2.90. The molecule has 0 spiro atoms. The first-order chi connectivity index (χ1) is 29.5. The molecule has 8 aromatic heterocycles. The summed E-state index contributed by atoms with van der Waals surface area (Å²) in [6, 6.07) is 11.1. The van der Waals surface area contributed by atoms with Crippen LogP contribution in [0.15, 0.2) is 49.3 Å². The van der Waals surface area contributed by atoms with Gasteiger partial charge in [-0.1, -0.05) is 27.7 Å². The van der Waals surface area contributed by atoms with Crippen molar-refractivity contribution in [2.45, 2.75) is 111 Å². The fraction of sp³-hybridized carbons (Fsp3) is 0.447. The van der Waals surface area contributed by atoms with Crippen LogP contribution in [0.4, 0.5) is 11.6 Å². The number of nitrogens with one attached hydrogen (secondary N) is 4. The van der Waals surface area contributed by atoms with E-state index < -0.39 is 0 Å². The first-order valence-corrected chi connectivity index (χ1v) is 22.2. The van der Waals surface area contributed by atoms with Gasteiger partial charge in [0.2, 0.25) is 0 Å². The lowest BCUT2D eigenvalue weighted by Gasteiger charge is -2.46. The molecule has 5 saturated heterocycles. The Morgan fingerprint density at radius 2 is 1.08 bits per heavy atom. The first-order valence-electron chi connectivity index (χ1n) is 22.2. The number of hydrogen-bond donors (Lipinski definition) is 4. The fourth-order valence-electron chi connectivity index (χ4n) is 10.8. The summed E-state index contributed by atoms with van der Waals surface area (Å²) >= 11 is 0. The van der Waals surface area contributed by atoms with E-state index in [1.54, 1.807) is 12.7 Å². The van der Waals surface area contributed by atoms with Gasteiger partial charge in [-0.05, 0) is 105 Å². The minimum absolute atomic E-state index is 0.345. The van der Waals surface area contributed by atoms with Gasteiger partial charge in [0.15, 0.2) is 11.3 Å². The Balaban J connectivity index is 0.000000138. The van der Waals surface area contributed by atoms with Crippen molar-refractivity contribution in [3.05, 3.63) is 82.7 Å². The molecule has 0 saturated carbocycles. The van der Waals surface area contributed by atoms with Crippen LogP contribution < -0.4 is 20.4 Å². The van der Waals surface area contributed by atoms with Crippen molar-refractivity contribution in [2.75, 3.05) is 36.0 Å². The van der Waals surface area contributed by atoms with Gasteiger partial charge in [-0.15, -0.1) is 0 Å². The van der Waals surface area contributed by atoms with E-state index in [0.717, 1.165) is 99.3 Å². The van der Waals surface area contributed by atoms with Crippen molar-refractivity contribution in [1.82, 2.24) is 59.8 Å². The molecule has 314 valence electrons. The SMILES string of the molecule is Cc1c(-c2[nH]c3ccc(N4C[C@H]5CC[C@@H]4CN5)nc3c2C(C)C)cn2ncnc2c1C.Cc1c(-c2[nH]c3ccc(N4C[C@H]5C[C@@H]4CN5)nc3c2C(C)C)cn2ncnc2c1C. The van der Waals surface area contributed by atoms with Crippen LogP contribution in [0.2, 0.25) is 0 Å². The van der Waals surface area contributed by atoms with Crippen molar-refractivity contribution < 1.29 is 0 Å². The van der Waals surface area contributed by atoms with Crippen LogP contribution in [0.3, 0.4) is 0 Å². The van der Waals surface area contributed by atoms with E-state index >= 15 is 0 Å². The predicted molar refractivity (Wildman–Crippen MR) is 243 cm³/mol. The third kappa shape index (κ3) is 6.12. The molecule has 14 nitrogen and oxygen atoms in total. The summed E-state index contributed by atoms with van der Waals surface area (Å²) in [6.07, 6.45) is 11.2. The molecule has 0 aromatic carbocycles. The number of H-pyrrole nitrogens is 2. The van der Waals surface area contributed by atoms with Gasteiger partial charge in [-0.2, -0.15) is 10.2 Å². The Hall–Kier alpha value is -5.86. The van der Waals surface area contributed by atoms with Crippen molar-refractivity contribution in [3.8, 4) is 22.5 Å². The van der Waals surface area contributed by atoms with E-state index in [4.69, 9.17) is 9.97 Å². The molecular weight excluding hydrogens is 761 g/mol. The van der Waals surface area contributed by atoms with E-state index in [1.807, 2.05) is 9.03 Å². The lowest BCUT2D eigenvalue weighted by atomic mass is 9.93. The third-order valence-corrected chi connectivity index (χ3v) is 14.3. The normalized spacial score (nSPS) is 21.1. The Labute approximate surface area is 355 Å². The summed E-state index contributed by atoms with van der Waals surface area (Å²) in [4.78, 5) is 31.6. The average Bonchev–Trinajstić information content (AvgIpc) is 4.14. The largest absolute Gasteiger partial charge is 0.353 e. The molecule has 61 heavy (non-hydrogen) atoms. The molecule has 4 atom stereocenters. The maximum absolute atomic E-state index is 5.22. The molecule has 14 heteroatoms. The number of aromatic amines is 2. The number of aryl methyl sites for hydroxylation is 2. The average molecular weight is 817 g/mol. The maximum atomic E-state index is 5.22. The Morgan fingerprint density at radius 1 is 0.590 bits per heavy atom. The number of piperidine rings is 2. The molecule has 4 bridgehead atoms. The topological polar surface area (TPSA) is 148 Å².